The largest absolute Gasteiger partial charge is 0.378 e. The molecule has 4 aliphatic heterocycles. The van der Waals surface area contributed by atoms with Crippen molar-refractivity contribution in [3.8, 4) is 33.4 Å². The van der Waals surface area contributed by atoms with Gasteiger partial charge in [0.2, 0.25) is 0 Å². The average Bonchev–Trinajstić information content (AvgIpc) is 0.854. The molecule has 5 aliphatic rings. The topological polar surface area (TPSA) is 55.4 Å². The molecule has 12 heteroatoms. The van der Waals surface area contributed by atoms with Crippen LogP contribution in [0.1, 0.15) is 176 Å². The third-order valence-corrected chi connectivity index (χ3v) is 20.6. The van der Waals surface area contributed by atoms with E-state index in [2.05, 4.69) is 239 Å². The Bertz CT molecular complexity index is 3850. The molecule has 0 radical (unpaired) electrons. The van der Waals surface area contributed by atoms with Crippen LogP contribution in [0, 0.1) is 140 Å². The molecule has 4 atom stereocenters. The van der Waals surface area contributed by atoms with Crippen LogP contribution in [0.2, 0.25) is 0 Å². The van der Waals surface area contributed by atoms with Gasteiger partial charge < -0.3 is 28.4 Å². The van der Waals surface area contributed by atoms with Crippen molar-refractivity contribution in [3.63, 3.8) is 0 Å². The highest BCUT2D eigenvalue weighted by molar-refractivity contribution is 5.64. The van der Waals surface area contributed by atoms with Crippen LogP contribution in [-0.2, 0) is 28.4 Å². The van der Waals surface area contributed by atoms with Crippen molar-refractivity contribution in [1.82, 2.24) is 0 Å². The van der Waals surface area contributed by atoms with E-state index in [-0.39, 0.29) is 35.3 Å². The molecule has 6 nitrogen and oxygen atoms in total. The van der Waals surface area contributed by atoms with Crippen molar-refractivity contribution in [2.75, 3.05) is 39.6 Å². The Morgan fingerprint density at radius 1 is 0.197 bits per heavy atom. The first-order valence-corrected chi connectivity index (χ1v) is 43.6. The molecule has 0 N–H and O–H groups in total. The quantitative estimate of drug-likeness (QED) is 0.164. The van der Waals surface area contributed by atoms with E-state index in [1.54, 1.807) is 39.8 Å². The van der Waals surface area contributed by atoms with E-state index in [9.17, 15) is 26.3 Å². The molecule has 5 fully saturated rings. The number of benzene rings is 11. The second kappa shape index (κ2) is 60.3. The lowest BCUT2D eigenvalue weighted by atomic mass is 9.84. The Morgan fingerprint density at radius 2 is 0.393 bits per heavy atom. The summed E-state index contributed by atoms with van der Waals surface area (Å²) in [5.74, 6) is 2.65. The maximum atomic E-state index is 12.6. The van der Waals surface area contributed by atoms with E-state index in [0.29, 0.717) is 46.3 Å². The fraction of sp³-hybridized carbons (Fsp3) is 0.400. The summed E-state index contributed by atoms with van der Waals surface area (Å²) in [6.45, 7) is 44.6. The number of aryl methyl sites for hydroxylation is 8. The van der Waals surface area contributed by atoms with E-state index in [0.717, 1.165) is 74.4 Å². The van der Waals surface area contributed by atoms with Gasteiger partial charge in [0.1, 0.15) is 34.9 Å². The minimum atomic E-state index is -0.475. The van der Waals surface area contributed by atoms with Gasteiger partial charge in [-0.15, -0.1) is 0 Å². The number of halogens is 6. The van der Waals surface area contributed by atoms with Crippen LogP contribution in [0.15, 0.2) is 267 Å². The van der Waals surface area contributed by atoms with Crippen molar-refractivity contribution < 1.29 is 54.8 Å². The molecule has 16 rings (SSSR count). The second-order valence-corrected chi connectivity index (χ2v) is 33.3. The maximum absolute atomic E-state index is 12.6. The van der Waals surface area contributed by atoms with Gasteiger partial charge in [0.05, 0.1) is 38.6 Å². The van der Waals surface area contributed by atoms with Crippen molar-refractivity contribution in [1.29, 1.82) is 0 Å². The summed E-state index contributed by atoms with van der Waals surface area (Å²) in [5.41, 5.74) is 15.1. The summed E-state index contributed by atoms with van der Waals surface area (Å²) < 4.78 is 107. The molecular formula is C110H142F6O6. The van der Waals surface area contributed by atoms with E-state index >= 15 is 0 Å². The maximum Gasteiger partial charge on any atom is 0.154 e. The Labute approximate surface area is 731 Å². The fourth-order valence-electron chi connectivity index (χ4n) is 12.2. The van der Waals surface area contributed by atoms with E-state index in [1.165, 1.54) is 146 Å². The van der Waals surface area contributed by atoms with Crippen molar-refractivity contribution >= 4 is 0 Å². The van der Waals surface area contributed by atoms with E-state index in [1.807, 2.05) is 76.2 Å². The van der Waals surface area contributed by atoms with Crippen LogP contribution < -0.4 is 0 Å². The molecular weight excluding hydrogens is 1530 g/mol. The zero-order valence-electron chi connectivity index (χ0n) is 76.8. The van der Waals surface area contributed by atoms with Gasteiger partial charge in [-0.05, 0) is 249 Å². The van der Waals surface area contributed by atoms with Gasteiger partial charge in [-0.2, -0.15) is 0 Å². The third kappa shape index (κ3) is 46.9. The van der Waals surface area contributed by atoms with Crippen LogP contribution in [0.25, 0.3) is 33.4 Å². The number of ether oxygens (including phenoxy) is 6. The van der Waals surface area contributed by atoms with Crippen LogP contribution in [0.4, 0.5) is 26.3 Å². The van der Waals surface area contributed by atoms with Gasteiger partial charge in [0.25, 0.3) is 0 Å². The molecule has 4 heterocycles. The number of hydrogen-bond acceptors (Lipinski definition) is 6. The molecule has 1 saturated carbocycles. The summed E-state index contributed by atoms with van der Waals surface area (Å²) in [6.07, 6.45) is 12.2. The molecule has 660 valence electrons. The summed E-state index contributed by atoms with van der Waals surface area (Å²) in [7, 11) is 0. The molecule has 1 aliphatic carbocycles. The molecule has 11 aromatic rings. The molecule has 4 saturated heterocycles. The lowest BCUT2D eigenvalue weighted by molar-refractivity contribution is -0.187. The van der Waals surface area contributed by atoms with Gasteiger partial charge in [-0.25, -0.2) is 26.3 Å². The smallest absolute Gasteiger partial charge is 0.154 e. The first kappa shape index (κ1) is 105. The molecule has 0 bridgehead atoms. The molecule has 122 heavy (non-hydrogen) atoms. The minimum absolute atomic E-state index is 0.0196. The minimum Gasteiger partial charge on any atom is -0.378 e. The normalized spacial score (nSPS) is 19.6. The number of rotatable bonds is 3. The average molecular weight is 1670 g/mol. The Morgan fingerprint density at radius 3 is 0.574 bits per heavy atom. The first-order valence-electron chi connectivity index (χ1n) is 43.6. The lowest BCUT2D eigenvalue weighted by Gasteiger charge is -2.24. The summed E-state index contributed by atoms with van der Waals surface area (Å²) >= 11 is 0. The molecule has 11 aromatic carbocycles. The zero-order valence-corrected chi connectivity index (χ0v) is 76.8. The highest BCUT2D eigenvalue weighted by atomic mass is 19.2. The Hall–Kier alpha value is -9.24. The third-order valence-electron chi connectivity index (χ3n) is 20.6. The van der Waals surface area contributed by atoms with E-state index < -0.39 is 23.3 Å². The fourth-order valence-corrected chi connectivity index (χ4v) is 12.2. The molecule has 4 unspecified atom stereocenters. The summed E-state index contributed by atoms with van der Waals surface area (Å²) in [6, 6.07) is 86.5. The van der Waals surface area contributed by atoms with Crippen molar-refractivity contribution in [2.45, 2.75) is 215 Å². The standard InChI is InChI=1S/3C12H10.2C8H8F2.2C8H9F.C8H16.C8H10.2C7H14O.2C6H12O2/c3*1-3-7-11(8-4-1)12-9-5-2-6-10-12;2*1-5-3-7(9)6(2)8(10)4-5;2*1-6-3-4-7(2)8(9)5-6;2*1-7-3-5-8(2)6-4-7;2*1-6-3-4-7(2)8-5-6;2*1-5-3-7-6(2)8-4-5/h3*1-10H;2*3-4H,1-2H3;2*3-5H,1-2H3;7-8H,3-6H2,1-2H3;3-6H,1-2H3;2*6-7H,3-5H2,1-2H3;2*5-6H,3-4H2,1-2H3. The highest BCUT2D eigenvalue weighted by Crippen LogP contribution is 2.28. The SMILES string of the molecule is CC1CCC(C)CC1.CC1CCC(C)OC1.CC1CCC(C)OC1.CC1COC(C)OC1.CC1COC(C)OC1.Cc1cc(F)c(C)c(F)c1.Cc1cc(F)c(C)c(F)c1.Cc1ccc(C)c(F)c1.Cc1ccc(C)c(F)c1.Cc1ccc(C)cc1.c1ccc(-c2ccccc2)cc1.c1ccc(-c2ccccc2)cc1.c1ccc(-c2ccccc2)cc1. The number of hydrogen-bond donors (Lipinski definition) is 0. The highest BCUT2D eigenvalue weighted by Gasteiger charge is 2.18. The van der Waals surface area contributed by atoms with Crippen LogP contribution in [-0.4, -0.2) is 64.4 Å². The van der Waals surface area contributed by atoms with Crippen LogP contribution in [0.5, 0.6) is 0 Å². The molecule has 0 spiro atoms. The lowest BCUT2D eigenvalue weighted by Crippen LogP contribution is -2.27. The molecule has 0 aromatic heterocycles. The van der Waals surface area contributed by atoms with Crippen molar-refractivity contribution in [3.05, 3.63) is 357 Å². The summed E-state index contributed by atoms with van der Waals surface area (Å²) in [4.78, 5) is 0. The summed E-state index contributed by atoms with van der Waals surface area (Å²) in [5, 5.41) is 0. The molecule has 0 amide bonds. The van der Waals surface area contributed by atoms with Gasteiger partial charge in [-0.1, -0.05) is 309 Å². The Kier molecular flexibility index (Phi) is 52.0. The zero-order chi connectivity index (χ0) is 89.7. The predicted molar refractivity (Wildman–Crippen MR) is 500 cm³/mol. The second-order valence-electron chi connectivity index (χ2n) is 33.3. The van der Waals surface area contributed by atoms with Crippen LogP contribution in [0.3, 0.4) is 0 Å². The van der Waals surface area contributed by atoms with Gasteiger partial charge in [0, 0.05) is 36.2 Å². The first-order chi connectivity index (χ1) is 58.2. The van der Waals surface area contributed by atoms with Gasteiger partial charge in [0.15, 0.2) is 12.6 Å². The monoisotopic (exact) mass is 1670 g/mol. The van der Waals surface area contributed by atoms with Gasteiger partial charge in [-0.3, -0.25) is 0 Å². The van der Waals surface area contributed by atoms with E-state index in [4.69, 9.17) is 28.4 Å². The van der Waals surface area contributed by atoms with Crippen molar-refractivity contribution in [2.24, 2.45) is 35.5 Å². The Balaban J connectivity index is 0.000000278. The van der Waals surface area contributed by atoms with Crippen LogP contribution >= 0.6 is 0 Å². The van der Waals surface area contributed by atoms with Gasteiger partial charge >= 0.3 is 0 Å². The predicted octanol–water partition coefficient (Wildman–Crippen LogP) is 30.9.